The Bertz CT molecular complexity index is 591. The van der Waals surface area contributed by atoms with Gasteiger partial charge in [-0.1, -0.05) is 15.9 Å². The Morgan fingerprint density at radius 1 is 1.27 bits per heavy atom. The van der Waals surface area contributed by atoms with Gasteiger partial charge >= 0.3 is 12.2 Å². The van der Waals surface area contributed by atoms with Crippen molar-refractivity contribution in [2.24, 2.45) is 0 Å². The predicted molar refractivity (Wildman–Crippen MR) is 87.5 cm³/mol. The number of rotatable bonds is 1. The van der Waals surface area contributed by atoms with E-state index in [0.29, 0.717) is 17.9 Å². The average Bonchev–Trinajstić information content (AvgIpc) is 2.45. The molecule has 1 aliphatic rings. The monoisotopic (exact) mass is 370 g/mol. The lowest BCUT2D eigenvalue weighted by molar-refractivity contribution is 0.121. The van der Waals surface area contributed by atoms with Crippen molar-refractivity contribution in [1.29, 1.82) is 0 Å². The van der Waals surface area contributed by atoms with Crippen molar-refractivity contribution in [1.82, 2.24) is 0 Å². The van der Waals surface area contributed by atoms with E-state index in [0.717, 1.165) is 4.47 Å². The molecule has 1 heterocycles. The lowest BCUT2D eigenvalue weighted by Gasteiger charge is -2.39. The number of nitrogens with zero attached hydrogens (tertiary/aromatic N) is 2. The summed E-state index contributed by atoms with van der Waals surface area (Å²) in [4.78, 5) is 27.5. The van der Waals surface area contributed by atoms with Crippen LogP contribution < -0.4 is 9.80 Å². The fourth-order valence-corrected chi connectivity index (χ4v) is 2.76. The minimum Gasteiger partial charge on any atom is -0.452 e. The van der Waals surface area contributed by atoms with E-state index in [1.807, 2.05) is 13.0 Å². The number of benzene rings is 1. The maximum absolute atomic E-state index is 12.3. The Morgan fingerprint density at radius 2 is 1.95 bits per heavy atom. The standard InChI is InChI=1S/C15H19BrN2O4/c1-9(2)22-14(19)17-8-10(3)18(15(20)21-4)12-6-5-11(16)7-13(12)17/h5-7,9-10H,8H2,1-4H3. The SMILES string of the molecule is COC(=O)N1c2ccc(Br)cc2N(C(=O)OC(C)C)CC1C. The van der Waals surface area contributed by atoms with E-state index in [4.69, 9.17) is 9.47 Å². The fourth-order valence-electron chi connectivity index (χ4n) is 2.41. The maximum atomic E-state index is 12.3. The van der Waals surface area contributed by atoms with Crippen LogP contribution in [0.15, 0.2) is 22.7 Å². The zero-order valence-corrected chi connectivity index (χ0v) is 14.6. The molecule has 1 unspecified atom stereocenters. The number of hydrogen-bond acceptors (Lipinski definition) is 4. The first kappa shape index (κ1) is 16.6. The molecule has 1 aromatic rings. The van der Waals surface area contributed by atoms with E-state index in [-0.39, 0.29) is 12.1 Å². The molecule has 0 saturated heterocycles. The van der Waals surface area contributed by atoms with Crippen LogP contribution in [0.3, 0.4) is 0 Å². The minimum absolute atomic E-state index is 0.211. The first-order chi connectivity index (χ1) is 10.3. The van der Waals surface area contributed by atoms with Crippen LogP contribution in [-0.4, -0.2) is 38.0 Å². The van der Waals surface area contributed by atoms with Crippen LogP contribution >= 0.6 is 15.9 Å². The number of carbonyl (C=O) groups excluding carboxylic acids is 2. The van der Waals surface area contributed by atoms with Gasteiger partial charge in [-0.15, -0.1) is 0 Å². The highest BCUT2D eigenvalue weighted by molar-refractivity contribution is 9.10. The third kappa shape index (κ3) is 3.19. The number of anilines is 2. The van der Waals surface area contributed by atoms with Gasteiger partial charge in [-0.3, -0.25) is 9.80 Å². The zero-order valence-electron chi connectivity index (χ0n) is 13.0. The van der Waals surface area contributed by atoms with Crippen LogP contribution in [0.2, 0.25) is 0 Å². The molecule has 7 heteroatoms. The third-order valence-corrected chi connectivity index (χ3v) is 3.80. The first-order valence-corrected chi connectivity index (χ1v) is 7.79. The number of halogens is 1. The van der Waals surface area contributed by atoms with Crippen molar-refractivity contribution in [3.05, 3.63) is 22.7 Å². The molecule has 0 aliphatic carbocycles. The molecule has 120 valence electrons. The second kappa shape index (κ2) is 6.56. The van der Waals surface area contributed by atoms with E-state index in [9.17, 15) is 9.59 Å². The molecule has 0 aromatic heterocycles. The van der Waals surface area contributed by atoms with Crippen molar-refractivity contribution in [2.45, 2.75) is 32.9 Å². The molecular weight excluding hydrogens is 352 g/mol. The Morgan fingerprint density at radius 3 is 2.55 bits per heavy atom. The molecule has 0 fully saturated rings. The van der Waals surface area contributed by atoms with Crippen molar-refractivity contribution in [2.75, 3.05) is 23.5 Å². The second-order valence-electron chi connectivity index (χ2n) is 5.37. The lowest BCUT2D eigenvalue weighted by Crippen LogP contribution is -2.52. The first-order valence-electron chi connectivity index (χ1n) is 7.00. The molecule has 2 rings (SSSR count). The summed E-state index contributed by atoms with van der Waals surface area (Å²) in [5, 5.41) is 0. The van der Waals surface area contributed by atoms with Gasteiger partial charge in [-0.2, -0.15) is 0 Å². The summed E-state index contributed by atoms with van der Waals surface area (Å²) in [7, 11) is 1.34. The fraction of sp³-hybridized carbons (Fsp3) is 0.467. The van der Waals surface area contributed by atoms with E-state index in [2.05, 4.69) is 15.9 Å². The number of ether oxygens (including phenoxy) is 2. The predicted octanol–water partition coefficient (Wildman–Crippen LogP) is 3.78. The summed E-state index contributed by atoms with van der Waals surface area (Å²) < 4.78 is 11.0. The van der Waals surface area contributed by atoms with Gasteiger partial charge in [-0.05, 0) is 39.0 Å². The van der Waals surface area contributed by atoms with Crippen molar-refractivity contribution in [3.63, 3.8) is 0 Å². The summed E-state index contributed by atoms with van der Waals surface area (Å²) in [6, 6.07) is 5.17. The highest BCUT2D eigenvalue weighted by atomic mass is 79.9. The van der Waals surface area contributed by atoms with Crippen LogP contribution in [0, 0.1) is 0 Å². The second-order valence-corrected chi connectivity index (χ2v) is 6.28. The van der Waals surface area contributed by atoms with E-state index >= 15 is 0 Å². The van der Waals surface area contributed by atoms with Gasteiger partial charge in [-0.25, -0.2) is 9.59 Å². The van der Waals surface area contributed by atoms with Gasteiger partial charge in [0.15, 0.2) is 0 Å². The maximum Gasteiger partial charge on any atom is 0.414 e. The van der Waals surface area contributed by atoms with Crippen molar-refractivity contribution >= 4 is 39.5 Å². The molecule has 0 spiro atoms. The van der Waals surface area contributed by atoms with Crippen LogP contribution in [-0.2, 0) is 9.47 Å². The third-order valence-electron chi connectivity index (χ3n) is 3.30. The van der Waals surface area contributed by atoms with Gasteiger partial charge in [0, 0.05) is 4.47 Å². The van der Waals surface area contributed by atoms with Gasteiger partial charge in [0.2, 0.25) is 0 Å². The minimum atomic E-state index is -0.451. The molecule has 1 aliphatic heterocycles. The van der Waals surface area contributed by atoms with E-state index < -0.39 is 12.2 Å². The summed E-state index contributed by atoms with van der Waals surface area (Å²) in [6.45, 7) is 5.80. The molecule has 0 radical (unpaired) electrons. The highest BCUT2D eigenvalue weighted by Gasteiger charge is 2.36. The zero-order chi connectivity index (χ0) is 16.4. The Balaban J connectivity index is 2.46. The Labute approximate surface area is 138 Å². The largest absolute Gasteiger partial charge is 0.452 e. The molecule has 22 heavy (non-hydrogen) atoms. The smallest absolute Gasteiger partial charge is 0.414 e. The lowest BCUT2D eigenvalue weighted by atomic mass is 10.1. The molecule has 2 amide bonds. The summed E-state index contributed by atoms with van der Waals surface area (Å²) in [6.07, 6.45) is -1.09. The average molecular weight is 371 g/mol. The van der Waals surface area contributed by atoms with Gasteiger partial charge in [0.25, 0.3) is 0 Å². The highest BCUT2D eigenvalue weighted by Crippen LogP contribution is 2.38. The molecule has 0 bridgehead atoms. The van der Waals surface area contributed by atoms with E-state index in [1.54, 1.807) is 35.8 Å². The van der Waals surface area contributed by atoms with Gasteiger partial charge in [0.05, 0.1) is 37.2 Å². The van der Waals surface area contributed by atoms with Gasteiger partial charge < -0.3 is 9.47 Å². The van der Waals surface area contributed by atoms with Gasteiger partial charge in [0.1, 0.15) is 0 Å². The molecule has 0 N–H and O–H groups in total. The van der Waals surface area contributed by atoms with Crippen LogP contribution in [0.4, 0.5) is 21.0 Å². The molecule has 6 nitrogen and oxygen atoms in total. The topological polar surface area (TPSA) is 59.1 Å². The van der Waals surface area contributed by atoms with Crippen molar-refractivity contribution < 1.29 is 19.1 Å². The number of carbonyl (C=O) groups is 2. The number of amides is 2. The number of fused-ring (bicyclic) bond motifs is 1. The van der Waals surface area contributed by atoms with E-state index in [1.165, 1.54) is 7.11 Å². The van der Waals surface area contributed by atoms with Crippen LogP contribution in [0.5, 0.6) is 0 Å². The van der Waals surface area contributed by atoms with Crippen LogP contribution in [0.25, 0.3) is 0 Å². The quantitative estimate of drug-likeness (QED) is 0.754. The molecule has 1 aromatic carbocycles. The number of methoxy groups -OCH3 is 1. The normalized spacial score (nSPS) is 17.3. The summed E-state index contributed by atoms with van der Waals surface area (Å²) >= 11 is 3.39. The van der Waals surface area contributed by atoms with Crippen LogP contribution in [0.1, 0.15) is 20.8 Å². The summed E-state index contributed by atoms with van der Waals surface area (Å²) in [5.41, 5.74) is 1.23. The Hall–Kier alpha value is -1.76. The molecule has 0 saturated carbocycles. The summed E-state index contributed by atoms with van der Waals surface area (Å²) in [5.74, 6) is 0. The number of hydrogen-bond donors (Lipinski definition) is 0. The van der Waals surface area contributed by atoms with Crippen molar-refractivity contribution in [3.8, 4) is 0 Å². The Kier molecular flexibility index (Phi) is 4.95. The molecule has 1 atom stereocenters. The molecular formula is C15H19BrN2O4.